The van der Waals surface area contributed by atoms with Crippen molar-refractivity contribution in [3.63, 3.8) is 0 Å². The van der Waals surface area contributed by atoms with Gasteiger partial charge in [0.1, 0.15) is 5.60 Å². The Morgan fingerprint density at radius 3 is 2.05 bits per heavy atom. The van der Waals surface area contributed by atoms with Crippen molar-refractivity contribution in [2.75, 3.05) is 33.3 Å². The highest BCUT2D eigenvalue weighted by atomic mass is 16.6. The highest BCUT2D eigenvalue weighted by Gasteiger charge is 2.31. The van der Waals surface area contributed by atoms with Gasteiger partial charge in [-0.15, -0.1) is 0 Å². The molecule has 0 unspecified atom stereocenters. The van der Waals surface area contributed by atoms with Crippen molar-refractivity contribution in [3.05, 3.63) is 0 Å². The van der Waals surface area contributed by atoms with Crippen molar-refractivity contribution in [2.24, 2.45) is 0 Å². The van der Waals surface area contributed by atoms with Gasteiger partial charge in [-0.25, -0.2) is 4.79 Å². The summed E-state index contributed by atoms with van der Waals surface area (Å²) in [4.78, 5) is 16.5. The first-order chi connectivity index (χ1) is 9.89. The lowest BCUT2D eigenvalue weighted by atomic mass is 9.99. The van der Waals surface area contributed by atoms with Crippen LogP contribution in [0.25, 0.3) is 0 Å². The van der Waals surface area contributed by atoms with Gasteiger partial charge in [0.15, 0.2) is 0 Å². The standard InChI is InChI=1S/C16H30N2O3/c1-16(2,3)21-15(19)18-9-5-13(6-10-18)17-11-7-14(20-4)8-12-17/h13-14H,5-12H2,1-4H3. The molecule has 0 atom stereocenters. The molecule has 0 aliphatic carbocycles. The summed E-state index contributed by atoms with van der Waals surface area (Å²) in [5.41, 5.74) is -0.407. The smallest absolute Gasteiger partial charge is 0.410 e. The van der Waals surface area contributed by atoms with E-state index in [0.717, 1.165) is 51.9 Å². The van der Waals surface area contributed by atoms with Crippen molar-refractivity contribution in [1.82, 2.24) is 9.80 Å². The van der Waals surface area contributed by atoms with Crippen LogP contribution in [0.5, 0.6) is 0 Å². The van der Waals surface area contributed by atoms with Crippen molar-refractivity contribution in [3.8, 4) is 0 Å². The number of hydrogen-bond acceptors (Lipinski definition) is 4. The summed E-state index contributed by atoms with van der Waals surface area (Å²) >= 11 is 0. The zero-order valence-electron chi connectivity index (χ0n) is 13.9. The number of hydrogen-bond donors (Lipinski definition) is 0. The van der Waals surface area contributed by atoms with Gasteiger partial charge in [0.2, 0.25) is 0 Å². The van der Waals surface area contributed by atoms with Gasteiger partial charge in [-0.3, -0.25) is 0 Å². The molecule has 0 radical (unpaired) electrons. The fraction of sp³-hybridized carbons (Fsp3) is 0.938. The number of likely N-dealkylation sites (tertiary alicyclic amines) is 2. The maximum atomic E-state index is 12.1. The van der Waals surface area contributed by atoms with Crippen LogP contribution in [0, 0.1) is 0 Å². The van der Waals surface area contributed by atoms with E-state index in [0.29, 0.717) is 12.1 Å². The van der Waals surface area contributed by atoms with Gasteiger partial charge in [-0.1, -0.05) is 0 Å². The number of rotatable bonds is 2. The van der Waals surface area contributed by atoms with Crippen LogP contribution in [0.2, 0.25) is 0 Å². The molecule has 0 bridgehead atoms. The summed E-state index contributed by atoms with van der Waals surface area (Å²) in [5, 5.41) is 0. The van der Waals surface area contributed by atoms with Crippen LogP contribution in [-0.2, 0) is 9.47 Å². The Balaban J connectivity index is 1.75. The average Bonchev–Trinajstić information content (AvgIpc) is 2.46. The molecule has 1 amide bonds. The Bertz CT molecular complexity index is 338. The summed E-state index contributed by atoms with van der Waals surface area (Å²) in [6, 6.07) is 0.612. The van der Waals surface area contributed by atoms with Gasteiger partial charge in [0, 0.05) is 39.3 Å². The highest BCUT2D eigenvalue weighted by molar-refractivity contribution is 5.68. The maximum absolute atomic E-state index is 12.1. The van der Waals surface area contributed by atoms with Gasteiger partial charge < -0.3 is 19.3 Å². The Labute approximate surface area is 128 Å². The number of piperidine rings is 2. The largest absolute Gasteiger partial charge is 0.444 e. The number of ether oxygens (including phenoxy) is 2. The van der Waals surface area contributed by atoms with Crippen LogP contribution in [0.15, 0.2) is 0 Å². The lowest BCUT2D eigenvalue weighted by Crippen LogP contribution is -2.50. The molecule has 0 aromatic heterocycles. The monoisotopic (exact) mass is 298 g/mol. The van der Waals surface area contributed by atoms with Gasteiger partial charge in [0.05, 0.1) is 6.10 Å². The molecule has 21 heavy (non-hydrogen) atoms. The lowest BCUT2D eigenvalue weighted by molar-refractivity contribution is 0.000550. The first-order valence-electron chi connectivity index (χ1n) is 8.14. The molecule has 5 heteroatoms. The predicted molar refractivity (Wildman–Crippen MR) is 82.4 cm³/mol. The Kier molecular flexibility index (Phi) is 5.49. The molecule has 2 heterocycles. The third-order valence-electron chi connectivity index (χ3n) is 4.44. The number of amides is 1. The van der Waals surface area contributed by atoms with Gasteiger partial charge >= 0.3 is 6.09 Å². The van der Waals surface area contributed by atoms with Crippen LogP contribution < -0.4 is 0 Å². The van der Waals surface area contributed by atoms with E-state index in [2.05, 4.69) is 4.90 Å². The van der Waals surface area contributed by atoms with Crippen LogP contribution in [0.1, 0.15) is 46.5 Å². The molecule has 5 nitrogen and oxygen atoms in total. The van der Waals surface area contributed by atoms with Crippen molar-refractivity contribution >= 4 is 6.09 Å². The molecule has 0 spiro atoms. The second kappa shape index (κ2) is 6.97. The minimum absolute atomic E-state index is 0.168. The van der Waals surface area contributed by atoms with Crippen LogP contribution in [-0.4, -0.2) is 66.9 Å². The van der Waals surface area contributed by atoms with Crippen molar-refractivity contribution in [1.29, 1.82) is 0 Å². The second-order valence-corrected chi connectivity index (χ2v) is 7.17. The number of nitrogens with zero attached hydrogens (tertiary/aromatic N) is 2. The molecule has 122 valence electrons. The Hall–Kier alpha value is -0.810. The molecule has 2 fully saturated rings. The van der Waals surface area contributed by atoms with Crippen LogP contribution >= 0.6 is 0 Å². The van der Waals surface area contributed by atoms with E-state index in [9.17, 15) is 4.79 Å². The summed E-state index contributed by atoms with van der Waals surface area (Å²) in [6.07, 6.45) is 4.63. The van der Waals surface area contributed by atoms with E-state index < -0.39 is 5.60 Å². The fourth-order valence-corrected chi connectivity index (χ4v) is 3.22. The molecule has 2 rings (SSSR count). The summed E-state index contributed by atoms with van der Waals surface area (Å²) in [6.45, 7) is 9.60. The maximum Gasteiger partial charge on any atom is 0.410 e. The third kappa shape index (κ3) is 4.85. The van der Waals surface area contributed by atoms with Crippen LogP contribution in [0.3, 0.4) is 0 Å². The van der Waals surface area contributed by atoms with E-state index in [1.807, 2.05) is 25.7 Å². The van der Waals surface area contributed by atoms with E-state index in [1.165, 1.54) is 0 Å². The quantitative estimate of drug-likeness (QED) is 0.785. The van der Waals surface area contributed by atoms with Gasteiger partial charge in [-0.05, 0) is 46.5 Å². The molecule has 0 aromatic carbocycles. The predicted octanol–water partition coefficient (Wildman–Crippen LogP) is 2.50. The first kappa shape index (κ1) is 16.6. The van der Waals surface area contributed by atoms with Crippen molar-refractivity contribution < 1.29 is 14.3 Å². The molecule has 2 saturated heterocycles. The van der Waals surface area contributed by atoms with E-state index >= 15 is 0 Å². The van der Waals surface area contributed by atoms with E-state index in [1.54, 1.807) is 7.11 Å². The molecule has 2 aliphatic rings. The summed E-state index contributed by atoms with van der Waals surface area (Å²) in [7, 11) is 1.81. The van der Waals surface area contributed by atoms with Gasteiger partial charge in [0.25, 0.3) is 0 Å². The molecule has 2 aliphatic heterocycles. The lowest BCUT2D eigenvalue weighted by Gasteiger charge is -2.41. The second-order valence-electron chi connectivity index (χ2n) is 7.17. The SMILES string of the molecule is COC1CCN(C2CCN(C(=O)OC(C)(C)C)CC2)CC1. The molecular formula is C16H30N2O3. The van der Waals surface area contributed by atoms with Gasteiger partial charge in [-0.2, -0.15) is 0 Å². The molecule has 0 N–H and O–H groups in total. The Morgan fingerprint density at radius 1 is 1.00 bits per heavy atom. The zero-order valence-corrected chi connectivity index (χ0v) is 13.9. The summed E-state index contributed by atoms with van der Waals surface area (Å²) < 4.78 is 10.9. The normalized spacial score (nSPS) is 23.3. The topological polar surface area (TPSA) is 42.0 Å². The molecular weight excluding hydrogens is 268 g/mol. The number of carbonyl (C=O) groups is 1. The minimum atomic E-state index is -0.407. The zero-order chi connectivity index (χ0) is 15.5. The van der Waals surface area contributed by atoms with Crippen molar-refractivity contribution in [2.45, 2.75) is 64.2 Å². The highest BCUT2D eigenvalue weighted by Crippen LogP contribution is 2.23. The Morgan fingerprint density at radius 2 is 1.57 bits per heavy atom. The number of carbonyl (C=O) groups excluding carboxylic acids is 1. The fourth-order valence-electron chi connectivity index (χ4n) is 3.22. The molecule has 0 saturated carbocycles. The number of methoxy groups -OCH3 is 1. The van der Waals surface area contributed by atoms with E-state index in [4.69, 9.17) is 9.47 Å². The summed E-state index contributed by atoms with van der Waals surface area (Å²) in [5.74, 6) is 0. The average molecular weight is 298 g/mol. The third-order valence-corrected chi connectivity index (χ3v) is 4.44. The van der Waals surface area contributed by atoms with Crippen LogP contribution in [0.4, 0.5) is 4.79 Å². The molecule has 0 aromatic rings. The minimum Gasteiger partial charge on any atom is -0.444 e. The van der Waals surface area contributed by atoms with E-state index in [-0.39, 0.29) is 6.09 Å². The first-order valence-corrected chi connectivity index (χ1v) is 8.14.